The van der Waals surface area contributed by atoms with Crippen LogP contribution in [0.3, 0.4) is 0 Å². The van der Waals surface area contributed by atoms with E-state index in [1.807, 2.05) is 11.8 Å². The third kappa shape index (κ3) is 2.26. The molecule has 0 aromatic heterocycles. The van der Waals surface area contributed by atoms with Crippen molar-refractivity contribution in [3.8, 4) is 0 Å². The van der Waals surface area contributed by atoms with Crippen LogP contribution in [-0.4, -0.2) is 53.7 Å². The molecule has 0 aromatic carbocycles. The zero-order chi connectivity index (χ0) is 9.97. The summed E-state index contributed by atoms with van der Waals surface area (Å²) >= 11 is 1.97. The first-order valence-electron chi connectivity index (χ1n) is 5.82. The molecule has 0 bridgehead atoms. The van der Waals surface area contributed by atoms with Gasteiger partial charge in [-0.2, -0.15) is 0 Å². The Bertz CT molecular complexity index is 180. The molecule has 2 aliphatic heterocycles. The summed E-state index contributed by atoms with van der Waals surface area (Å²) < 4.78 is 0. The molecule has 0 aliphatic carbocycles. The van der Waals surface area contributed by atoms with Gasteiger partial charge >= 0.3 is 0 Å². The van der Waals surface area contributed by atoms with Gasteiger partial charge in [0.05, 0.1) is 5.37 Å². The summed E-state index contributed by atoms with van der Waals surface area (Å²) in [4.78, 5) is 5.33. The molecule has 2 fully saturated rings. The Labute approximate surface area is 92.0 Å². The second kappa shape index (κ2) is 4.86. The van der Waals surface area contributed by atoms with Crippen molar-refractivity contribution in [3.63, 3.8) is 0 Å². The maximum absolute atomic E-state index is 2.70. The monoisotopic (exact) mass is 214 g/mol. The van der Waals surface area contributed by atoms with Gasteiger partial charge in [-0.3, -0.25) is 9.80 Å². The van der Waals surface area contributed by atoms with Gasteiger partial charge in [0, 0.05) is 19.1 Å². The second-order valence-corrected chi connectivity index (χ2v) is 5.67. The maximum atomic E-state index is 2.70. The highest BCUT2D eigenvalue weighted by atomic mass is 32.2. The van der Waals surface area contributed by atoms with Crippen LogP contribution >= 0.6 is 11.8 Å². The first kappa shape index (κ1) is 10.8. The van der Waals surface area contributed by atoms with Crippen molar-refractivity contribution in [1.29, 1.82) is 0 Å². The topological polar surface area (TPSA) is 6.48 Å². The smallest absolute Gasteiger partial charge is 0.0526 e. The molecule has 2 heterocycles. The molecule has 0 saturated carbocycles. The summed E-state index contributed by atoms with van der Waals surface area (Å²) in [6.07, 6.45) is 6.46. The van der Waals surface area contributed by atoms with E-state index in [-0.39, 0.29) is 0 Å². The van der Waals surface area contributed by atoms with E-state index < -0.39 is 0 Å². The molecule has 0 amide bonds. The Kier molecular flexibility index (Phi) is 3.74. The lowest BCUT2D eigenvalue weighted by atomic mass is 10.2. The van der Waals surface area contributed by atoms with Crippen LogP contribution in [0.1, 0.15) is 26.2 Å². The molecule has 14 heavy (non-hydrogen) atoms. The van der Waals surface area contributed by atoms with Crippen LogP contribution < -0.4 is 0 Å². The summed E-state index contributed by atoms with van der Waals surface area (Å²) in [7, 11) is 0. The average Bonchev–Trinajstić information content (AvgIpc) is 2.86. The van der Waals surface area contributed by atoms with E-state index in [1.165, 1.54) is 45.4 Å². The average molecular weight is 214 g/mol. The molecule has 3 heteroatoms. The maximum Gasteiger partial charge on any atom is 0.0526 e. The van der Waals surface area contributed by atoms with Crippen molar-refractivity contribution in [1.82, 2.24) is 9.80 Å². The Morgan fingerprint density at radius 1 is 1.21 bits per heavy atom. The van der Waals surface area contributed by atoms with Crippen LogP contribution in [0.15, 0.2) is 0 Å². The van der Waals surface area contributed by atoms with Gasteiger partial charge in [0.15, 0.2) is 0 Å². The zero-order valence-electron chi connectivity index (χ0n) is 9.41. The molecule has 1 unspecified atom stereocenters. The summed E-state index contributed by atoms with van der Waals surface area (Å²) in [6, 6.07) is 0.868. The van der Waals surface area contributed by atoms with Gasteiger partial charge in [-0.25, -0.2) is 0 Å². The first-order valence-corrected chi connectivity index (χ1v) is 7.11. The van der Waals surface area contributed by atoms with E-state index in [0.29, 0.717) is 5.37 Å². The van der Waals surface area contributed by atoms with Gasteiger partial charge < -0.3 is 0 Å². The van der Waals surface area contributed by atoms with E-state index in [2.05, 4.69) is 23.0 Å². The highest BCUT2D eigenvalue weighted by Gasteiger charge is 2.30. The number of nitrogens with zero attached hydrogens (tertiary/aromatic N) is 2. The fourth-order valence-electron chi connectivity index (χ4n) is 2.65. The lowest BCUT2D eigenvalue weighted by Crippen LogP contribution is -2.37. The quantitative estimate of drug-likeness (QED) is 0.708. The highest BCUT2D eigenvalue weighted by molar-refractivity contribution is 7.99. The van der Waals surface area contributed by atoms with Crippen LogP contribution in [0.25, 0.3) is 0 Å². The summed E-state index contributed by atoms with van der Waals surface area (Å²) in [5.41, 5.74) is 0. The van der Waals surface area contributed by atoms with Gasteiger partial charge in [0.1, 0.15) is 0 Å². The van der Waals surface area contributed by atoms with Crippen LogP contribution in [0, 0.1) is 0 Å². The minimum Gasteiger partial charge on any atom is -0.299 e. The normalized spacial score (nSPS) is 32.6. The molecule has 2 atom stereocenters. The third-order valence-corrected chi connectivity index (χ3v) is 4.69. The molecule has 2 nitrogen and oxygen atoms in total. The van der Waals surface area contributed by atoms with Crippen molar-refractivity contribution in [2.45, 2.75) is 37.6 Å². The number of hydrogen-bond acceptors (Lipinski definition) is 3. The number of rotatable bonds is 3. The van der Waals surface area contributed by atoms with Crippen molar-refractivity contribution in [3.05, 3.63) is 0 Å². The molecule has 82 valence electrons. The summed E-state index contributed by atoms with van der Waals surface area (Å²) in [5.74, 6) is 0. The molecule has 0 spiro atoms. The van der Waals surface area contributed by atoms with Crippen molar-refractivity contribution < 1.29 is 0 Å². The Morgan fingerprint density at radius 2 is 1.93 bits per heavy atom. The van der Waals surface area contributed by atoms with Crippen molar-refractivity contribution >= 4 is 11.8 Å². The lowest BCUT2D eigenvalue weighted by molar-refractivity contribution is 0.230. The molecule has 0 radical (unpaired) electrons. The standard InChI is InChI=1S/C11H22N2S/c1-10(14-2)13-8-5-11(9-13)12-6-3-4-7-12/h10-11H,3-9H2,1-2H3/t10?,11-/m0/s1. The van der Waals surface area contributed by atoms with Gasteiger partial charge in [-0.1, -0.05) is 0 Å². The summed E-state index contributed by atoms with van der Waals surface area (Å²) in [5, 5.41) is 0.711. The Balaban J connectivity index is 1.81. The number of thioether (sulfide) groups is 1. The van der Waals surface area contributed by atoms with Crippen molar-refractivity contribution in [2.24, 2.45) is 0 Å². The van der Waals surface area contributed by atoms with Gasteiger partial charge in [-0.15, -0.1) is 11.8 Å². The lowest BCUT2D eigenvalue weighted by Gasteiger charge is -2.26. The van der Waals surface area contributed by atoms with E-state index in [9.17, 15) is 0 Å². The van der Waals surface area contributed by atoms with E-state index in [0.717, 1.165) is 6.04 Å². The highest BCUT2D eigenvalue weighted by Crippen LogP contribution is 2.24. The minimum atomic E-state index is 0.711. The fourth-order valence-corrected chi connectivity index (χ4v) is 3.14. The van der Waals surface area contributed by atoms with Crippen LogP contribution in [0.5, 0.6) is 0 Å². The minimum absolute atomic E-state index is 0.711. The first-order chi connectivity index (χ1) is 6.81. The Hall–Kier alpha value is 0.270. The van der Waals surface area contributed by atoms with Crippen molar-refractivity contribution in [2.75, 3.05) is 32.4 Å². The molecule has 2 rings (SSSR count). The molecular formula is C11H22N2S. The predicted molar refractivity (Wildman–Crippen MR) is 63.8 cm³/mol. The van der Waals surface area contributed by atoms with Gasteiger partial charge in [0.25, 0.3) is 0 Å². The van der Waals surface area contributed by atoms with Crippen LogP contribution in [0.4, 0.5) is 0 Å². The molecular weight excluding hydrogens is 192 g/mol. The number of likely N-dealkylation sites (tertiary alicyclic amines) is 2. The Morgan fingerprint density at radius 3 is 2.57 bits per heavy atom. The van der Waals surface area contributed by atoms with Gasteiger partial charge in [-0.05, 0) is 45.5 Å². The third-order valence-electron chi connectivity index (χ3n) is 3.71. The van der Waals surface area contributed by atoms with Gasteiger partial charge in [0.2, 0.25) is 0 Å². The fraction of sp³-hybridized carbons (Fsp3) is 1.00. The van der Waals surface area contributed by atoms with E-state index >= 15 is 0 Å². The van der Waals surface area contributed by atoms with Crippen LogP contribution in [0.2, 0.25) is 0 Å². The summed E-state index contributed by atoms with van der Waals surface area (Å²) in [6.45, 7) is 7.65. The largest absolute Gasteiger partial charge is 0.299 e. The molecule has 2 aliphatic rings. The molecule has 0 N–H and O–H groups in total. The zero-order valence-corrected chi connectivity index (χ0v) is 10.2. The van der Waals surface area contributed by atoms with E-state index in [4.69, 9.17) is 0 Å². The molecule has 2 saturated heterocycles. The molecule has 0 aromatic rings. The van der Waals surface area contributed by atoms with Crippen LogP contribution in [-0.2, 0) is 0 Å². The SMILES string of the molecule is CSC(C)N1CC[C@H](N2CCCC2)C1. The number of hydrogen-bond donors (Lipinski definition) is 0. The van der Waals surface area contributed by atoms with E-state index in [1.54, 1.807) is 0 Å². The predicted octanol–water partition coefficient (Wildman–Crippen LogP) is 1.87. The second-order valence-electron chi connectivity index (χ2n) is 4.52.